The van der Waals surface area contributed by atoms with Gasteiger partial charge in [-0.15, -0.1) is 5.10 Å². The number of aryl methyl sites for hydroxylation is 1. The minimum atomic E-state index is -0.336. The number of rotatable bonds is 4. The fourth-order valence-corrected chi connectivity index (χ4v) is 2.60. The van der Waals surface area contributed by atoms with Crippen molar-refractivity contribution in [3.8, 4) is 0 Å². The predicted molar refractivity (Wildman–Crippen MR) is 74.6 cm³/mol. The average Bonchev–Trinajstić information content (AvgIpc) is 2.83. The molecule has 0 saturated carbocycles. The van der Waals surface area contributed by atoms with Crippen molar-refractivity contribution >= 4 is 11.7 Å². The van der Waals surface area contributed by atoms with Gasteiger partial charge in [-0.3, -0.25) is 5.41 Å². The third-order valence-corrected chi connectivity index (χ3v) is 3.56. The number of amidine groups is 1. The summed E-state index contributed by atoms with van der Waals surface area (Å²) in [5.41, 5.74) is 8.33. The van der Waals surface area contributed by atoms with Crippen LogP contribution in [0.4, 0.5) is 5.82 Å². The van der Waals surface area contributed by atoms with Crippen molar-refractivity contribution in [2.75, 3.05) is 18.0 Å². The zero-order chi connectivity index (χ0) is 14.0. The minimum Gasteiger partial charge on any atom is -0.391 e. The van der Waals surface area contributed by atoms with Crippen molar-refractivity contribution in [2.45, 2.75) is 39.2 Å². The molecule has 1 aliphatic rings. The van der Waals surface area contributed by atoms with E-state index in [9.17, 15) is 5.11 Å². The summed E-state index contributed by atoms with van der Waals surface area (Å²) < 4.78 is 0. The monoisotopic (exact) mass is 263 g/mol. The fraction of sp³-hybridized carbons (Fsp3) is 0.615. The second kappa shape index (κ2) is 5.52. The molecule has 0 aliphatic carbocycles. The molecule has 1 aromatic heterocycles. The fourth-order valence-electron chi connectivity index (χ4n) is 2.60. The number of nitrogens with one attached hydrogen (secondary N) is 1. The number of β-amino-alcohol motifs (C(OH)–C–C–N with tert-alkyl or cyclic N) is 1. The first-order valence-corrected chi connectivity index (χ1v) is 6.74. The maximum atomic E-state index is 9.64. The van der Waals surface area contributed by atoms with Gasteiger partial charge in [0.25, 0.3) is 0 Å². The second-order valence-corrected chi connectivity index (χ2v) is 4.83. The van der Waals surface area contributed by atoms with Crippen LogP contribution in [-0.4, -0.2) is 40.3 Å². The standard InChI is InChI=1S/C13H21N5O/c1-3-9-10(4-2)16-17-13(11(9)12(14)15)18-6-5-8(19)7-18/h8,19H,3-7H2,1-2H3,(H3,14,15). The van der Waals surface area contributed by atoms with E-state index in [0.29, 0.717) is 17.9 Å². The quantitative estimate of drug-likeness (QED) is 0.541. The summed E-state index contributed by atoms with van der Waals surface area (Å²) in [7, 11) is 0. The lowest BCUT2D eigenvalue weighted by Gasteiger charge is -2.22. The molecule has 0 spiro atoms. The van der Waals surface area contributed by atoms with Gasteiger partial charge in [0.15, 0.2) is 5.82 Å². The maximum Gasteiger partial charge on any atom is 0.162 e. The summed E-state index contributed by atoms with van der Waals surface area (Å²) in [5, 5.41) is 26.0. The first-order chi connectivity index (χ1) is 9.08. The summed E-state index contributed by atoms with van der Waals surface area (Å²) >= 11 is 0. The van der Waals surface area contributed by atoms with Crippen LogP contribution in [0.25, 0.3) is 0 Å². The Morgan fingerprint density at radius 3 is 2.63 bits per heavy atom. The van der Waals surface area contributed by atoms with Crippen LogP contribution in [0, 0.1) is 5.41 Å². The molecule has 0 radical (unpaired) electrons. The minimum absolute atomic E-state index is 0.0258. The first kappa shape index (κ1) is 13.7. The third kappa shape index (κ3) is 2.53. The van der Waals surface area contributed by atoms with Crippen LogP contribution >= 0.6 is 0 Å². The highest BCUT2D eigenvalue weighted by Gasteiger charge is 2.26. The first-order valence-electron chi connectivity index (χ1n) is 6.74. The lowest BCUT2D eigenvalue weighted by Crippen LogP contribution is -2.28. The van der Waals surface area contributed by atoms with E-state index in [2.05, 4.69) is 10.2 Å². The van der Waals surface area contributed by atoms with E-state index in [1.165, 1.54) is 0 Å². The van der Waals surface area contributed by atoms with E-state index in [1.54, 1.807) is 0 Å². The van der Waals surface area contributed by atoms with Gasteiger partial charge in [0.05, 0.1) is 17.4 Å². The van der Waals surface area contributed by atoms with Crippen LogP contribution < -0.4 is 10.6 Å². The van der Waals surface area contributed by atoms with Gasteiger partial charge in [0.2, 0.25) is 0 Å². The van der Waals surface area contributed by atoms with Gasteiger partial charge in [-0.2, -0.15) is 5.10 Å². The maximum absolute atomic E-state index is 9.64. The summed E-state index contributed by atoms with van der Waals surface area (Å²) in [5.74, 6) is 0.663. The number of hydrogen-bond acceptors (Lipinski definition) is 5. The average molecular weight is 263 g/mol. The van der Waals surface area contributed by atoms with Crippen LogP contribution in [-0.2, 0) is 12.8 Å². The highest BCUT2D eigenvalue weighted by atomic mass is 16.3. The van der Waals surface area contributed by atoms with Gasteiger partial charge < -0.3 is 15.7 Å². The summed E-state index contributed by atoms with van der Waals surface area (Å²) in [4.78, 5) is 1.97. The molecule has 1 atom stereocenters. The van der Waals surface area contributed by atoms with Crippen molar-refractivity contribution in [3.63, 3.8) is 0 Å². The highest BCUT2D eigenvalue weighted by Crippen LogP contribution is 2.26. The van der Waals surface area contributed by atoms with Crippen LogP contribution in [0.1, 0.15) is 37.1 Å². The van der Waals surface area contributed by atoms with Gasteiger partial charge in [-0.25, -0.2) is 0 Å². The molecular formula is C13H21N5O. The van der Waals surface area contributed by atoms with Crippen molar-refractivity contribution in [3.05, 3.63) is 16.8 Å². The SMILES string of the molecule is CCc1nnc(N2CCC(O)C2)c(C(=N)N)c1CC. The Hall–Kier alpha value is -1.69. The number of nitrogens with zero attached hydrogens (tertiary/aromatic N) is 3. The van der Waals surface area contributed by atoms with Gasteiger partial charge in [0.1, 0.15) is 5.84 Å². The molecule has 19 heavy (non-hydrogen) atoms. The smallest absolute Gasteiger partial charge is 0.162 e. The summed E-state index contributed by atoms with van der Waals surface area (Å²) in [6, 6.07) is 0. The molecule has 0 amide bonds. The topological polar surface area (TPSA) is 99.1 Å². The molecule has 1 unspecified atom stereocenters. The van der Waals surface area contributed by atoms with Crippen LogP contribution in [0.3, 0.4) is 0 Å². The Morgan fingerprint density at radius 1 is 1.42 bits per heavy atom. The zero-order valence-electron chi connectivity index (χ0n) is 11.5. The van der Waals surface area contributed by atoms with Gasteiger partial charge in [0, 0.05) is 13.1 Å². The van der Waals surface area contributed by atoms with E-state index >= 15 is 0 Å². The Labute approximate surface area is 113 Å². The Morgan fingerprint density at radius 2 is 2.16 bits per heavy atom. The van der Waals surface area contributed by atoms with E-state index in [0.717, 1.165) is 37.1 Å². The molecule has 0 aromatic carbocycles. The molecule has 1 fully saturated rings. The molecule has 4 N–H and O–H groups in total. The van der Waals surface area contributed by atoms with E-state index < -0.39 is 0 Å². The van der Waals surface area contributed by atoms with E-state index in [4.69, 9.17) is 11.1 Å². The molecule has 104 valence electrons. The molecule has 0 bridgehead atoms. The number of nitrogens with two attached hydrogens (primary N) is 1. The number of nitrogen functional groups attached to an aromatic ring is 1. The Bertz CT molecular complexity index is 488. The van der Waals surface area contributed by atoms with Gasteiger partial charge >= 0.3 is 0 Å². The zero-order valence-corrected chi connectivity index (χ0v) is 11.5. The summed E-state index contributed by atoms with van der Waals surface area (Å²) in [6.45, 7) is 5.31. The lowest BCUT2D eigenvalue weighted by molar-refractivity contribution is 0.198. The lowest BCUT2D eigenvalue weighted by atomic mass is 10.0. The molecule has 2 rings (SSSR count). The molecule has 2 heterocycles. The van der Waals surface area contributed by atoms with Crippen LogP contribution in [0.2, 0.25) is 0 Å². The van der Waals surface area contributed by atoms with Gasteiger partial charge in [-0.1, -0.05) is 13.8 Å². The van der Waals surface area contributed by atoms with Gasteiger partial charge in [-0.05, 0) is 24.8 Å². The molecule has 1 aliphatic heterocycles. The number of aliphatic hydroxyl groups excluding tert-OH is 1. The van der Waals surface area contributed by atoms with E-state index in [-0.39, 0.29) is 11.9 Å². The van der Waals surface area contributed by atoms with Crippen molar-refractivity contribution in [1.29, 1.82) is 5.41 Å². The number of aromatic nitrogens is 2. The second-order valence-electron chi connectivity index (χ2n) is 4.83. The van der Waals surface area contributed by atoms with Crippen molar-refractivity contribution < 1.29 is 5.11 Å². The molecule has 1 saturated heterocycles. The van der Waals surface area contributed by atoms with Crippen LogP contribution in [0.15, 0.2) is 0 Å². The van der Waals surface area contributed by atoms with Crippen LogP contribution in [0.5, 0.6) is 0 Å². The largest absolute Gasteiger partial charge is 0.391 e. The third-order valence-electron chi connectivity index (χ3n) is 3.56. The number of hydrogen-bond donors (Lipinski definition) is 3. The molecule has 6 nitrogen and oxygen atoms in total. The normalized spacial score (nSPS) is 18.9. The Kier molecular flexibility index (Phi) is 3.99. The van der Waals surface area contributed by atoms with Crippen molar-refractivity contribution in [2.24, 2.45) is 5.73 Å². The molecule has 1 aromatic rings. The molecular weight excluding hydrogens is 242 g/mol. The van der Waals surface area contributed by atoms with Crippen molar-refractivity contribution in [1.82, 2.24) is 10.2 Å². The summed E-state index contributed by atoms with van der Waals surface area (Å²) in [6.07, 6.45) is 1.93. The molecule has 6 heteroatoms. The number of aliphatic hydroxyl groups is 1. The number of anilines is 1. The van der Waals surface area contributed by atoms with E-state index in [1.807, 2.05) is 18.7 Å². The Balaban J connectivity index is 2.51. The predicted octanol–water partition coefficient (Wildman–Crippen LogP) is 0.456. The highest BCUT2D eigenvalue weighted by molar-refractivity contribution is 6.01.